The summed E-state index contributed by atoms with van der Waals surface area (Å²) >= 11 is 12.4. The fraction of sp³-hybridized carbons (Fsp3) is 0.333. The monoisotopic (exact) mass is 494 g/mol. The molecule has 0 bridgehead atoms. The first kappa shape index (κ1) is 26.1. The Morgan fingerprint density at radius 1 is 0.966 bits per heavy atom. The van der Waals surface area contributed by atoms with Crippen LogP contribution < -0.4 is 10.1 Å². The maximum atomic E-state index is 14.7. The van der Waals surface area contributed by atoms with E-state index in [0.717, 1.165) is 0 Å². The van der Waals surface area contributed by atoms with Gasteiger partial charge in [-0.15, -0.1) is 38.0 Å². The molecule has 162 valence electrons. The molecule has 1 fully saturated rings. The average Bonchev–Trinajstić information content (AvgIpc) is 2.62. The Morgan fingerprint density at radius 3 is 2.10 bits per heavy atom. The van der Waals surface area contributed by atoms with Crippen molar-refractivity contribution in [1.29, 1.82) is 0 Å². The van der Waals surface area contributed by atoms with Crippen LogP contribution in [0.2, 0.25) is 10.0 Å². The molecule has 1 atom stereocenters. The molecule has 0 unspecified atom stereocenters. The molecule has 0 saturated carbocycles. The predicted molar refractivity (Wildman–Crippen MR) is 110 cm³/mol. The third-order valence-electron chi connectivity index (χ3n) is 4.30. The van der Waals surface area contributed by atoms with Crippen molar-refractivity contribution < 1.29 is 22.3 Å². The van der Waals surface area contributed by atoms with Crippen LogP contribution in [0.1, 0.15) is 17.2 Å². The summed E-state index contributed by atoms with van der Waals surface area (Å²) in [6.45, 7) is 2.64. The number of nitrogens with zero attached hydrogens (tertiary/aromatic N) is 1. The number of piperazine rings is 1. The average molecular weight is 496 g/mol. The molecule has 2 aromatic rings. The first-order chi connectivity index (χ1) is 12.8. The van der Waals surface area contributed by atoms with Crippen LogP contribution in [-0.2, 0) is 0 Å². The molecule has 0 spiro atoms. The van der Waals surface area contributed by atoms with Crippen molar-refractivity contribution in [3.63, 3.8) is 0 Å². The summed E-state index contributed by atoms with van der Waals surface area (Å²) in [5, 5.41) is 3.52. The summed E-state index contributed by atoms with van der Waals surface area (Å²) in [4.78, 5) is 2.01. The Morgan fingerprint density at radius 2 is 1.55 bits per heavy atom. The molecular formula is C18H18Cl4F4N2O. The fourth-order valence-corrected chi connectivity index (χ4v) is 3.57. The Hall–Kier alpha value is -0.960. The van der Waals surface area contributed by atoms with Gasteiger partial charge in [0.1, 0.15) is 11.6 Å². The highest BCUT2D eigenvalue weighted by molar-refractivity contribution is 6.42. The second-order valence-electron chi connectivity index (χ2n) is 6.06. The van der Waals surface area contributed by atoms with Crippen LogP contribution in [0.3, 0.4) is 0 Å². The number of nitrogens with one attached hydrogen (secondary N) is 1. The van der Waals surface area contributed by atoms with E-state index in [1.807, 2.05) is 4.90 Å². The molecule has 0 aromatic heterocycles. The van der Waals surface area contributed by atoms with E-state index in [0.29, 0.717) is 31.7 Å². The molecule has 0 amide bonds. The van der Waals surface area contributed by atoms with E-state index < -0.39 is 18.2 Å². The normalized spacial score (nSPS) is 15.8. The largest absolute Gasteiger partial charge is 0.573 e. The predicted octanol–water partition coefficient (Wildman–Crippen LogP) is 5.87. The maximum Gasteiger partial charge on any atom is 0.573 e. The van der Waals surface area contributed by atoms with Crippen LogP contribution >= 0.6 is 48.0 Å². The Bertz CT molecular complexity index is 800. The highest BCUT2D eigenvalue weighted by atomic mass is 35.5. The standard InChI is InChI=1S/C18H16Cl2F4N2O.2ClH/c19-13-5-6-14(21)15(16(13)20)17(26-9-7-25-8-10-26)11-1-3-12(4-2-11)27-18(22,23)24;;/h1-6,17,25H,7-10H2;2*1H/t17-;;/m0../s1. The van der Waals surface area contributed by atoms with Crippen molar-refractivity contribution in [2.75, 3.05) is 26.2 Å². The van der Waals surface area contributed by atoms with Crippen LogP contribution in [-0.4, -0.2) is 37.4 Å². The van der Waals surface area contributed by atoms with Gasteiger partial charge in [0.25, 0.3) is 0 Å². The molecule has 3 rings (SSSR count). The molecule has 1 saturated heterocycles. The summed E-state index contributed by atoms with van der Waals surface area (Å²) in [7, 11) is 0. The Labute approximate surface area is 188 Å². The highest BCUT2D eigenvalue weighted by Crippen LogP contribution is 2.39. The maximum absolute atomic E-state index is 14.7. The van der Waals surface area contributed by atoms with Crippen LogP contribution in [0, 0.1) is 5.82 Å². The van der Waals surface area contributed by atoms with Gasteiger partial charge >= 0.3 is 6.36 Å². The quantitative estimate of drug-likeness (QED) is 0.424. The zero-order valence-corrected chi connectivity index (χ0v) is 18.0. The molecule has 11 heteroatoms. The second-order valence-corrected chi connectivity index (χ2v) is 6.85. The minimum Gasteiger partial charge on any atom is -0.406 e. The minimum atomic E-state index is -4.78. The van der Waals surface area contributed by atoms with Crippen LogP contribution in [0.5, 0.6) is 5.75 Å². The first-order valence-electron chi connectivity index (χ1n) is 8.20. The Kier molecular flexibility index (Phi) is 9.79. The van der Waals surface area contributed by atoms with E-state index in [2.05, 4.69) is 10.1 Å². The van der Waals surface area contributed by atoms with Gasteiger partial charge in [-0.05, 0) is 29.8 Å². The lowest BCUT2D eigenvalue weighted by Gasteiger charge is -2.36. The smallest absolute Gasteiger partial charge is 0.406 e. The summed E-state index contributed by atoms with van der Waals surface area (Å²) in [6.07, 6.45) is -4.78. The van der Waals surface area contributed by atoms with Gasteiger partial charge in [0.05, 0.1) is 16.1 Å². The topological polar surface area (TPSA) is 24.5 Å². The zero-order valence-electron chi connectivity index (χ0n) is 14.8. The van der Waals surface area contributed by atoms with Crippen LogP contribution in [0.15, 0.2) is 36.4 Å². The molecule has 3 nitrogen and oxygen atoms in total. The molecule has 2 aromatic carbocycles. The molecule has 0 aliphatic carbocycles. The third-order valence-corrected chi connectivity index (χ3v) is 5.12. The number of hydrogen-bond donors (Lipinski definition) is 1. The number of halogens is 8. The molecule has 1 N–H and O–H groups in total. The molecule has 29 heavy (non-hydrogen) atoms. The van der Waals surface area contributed by atoms with Crippen molar-refractivity contribution in [2.45, 2.75) is 12.4 Å². The highest BCUT2D eigenvalue weighted by Gasteiger charge is 2.32. The second kappa shape index (κ2) is 10.9. The SMILES string of the molecule is Cl.Cl.Fc1ccc(Cl)c(Cl)c1[C@H](c1ccc(OC(F)(F)F)cc1)N1CCNCC1. The van der Waals surface area contributed by atoms with Crippen molar-refractivity contribution in [3.05, 3.63) is 63.4 Å². The fourth-order valence-electron chi connectivity index (χ4n) is 3.15. The van der Waals surface area contributed by atoms with Crippen molar-refractivity contribution >= 4 is 48.0 Å². The van der Waals surface area contributed by atoms with Crippen LogP contribution in [0.4, 0.5) is 17.6 Å². The summed E-state index contributed by atoms with van der Waals surface area (Å²) in [5.74, 6) is -0.869. The minimum absolute atomic E-state index is 0. The number of rotatable bonds is 4. The van der Waals surface area contributed by atoms with Gasteiger partial charge in [-0.25, -0.2) is 4.39 Å². The van der Waals surface area contributed by atoms with E-state index in [4.69, 9.17) is 23.2 Å². The third kappa shape index (κ3) is 6.51. The van der Waals surface area contributed by atoms with Crippen molar-refractivity contribution in [3.8, 4) is 5.75 Å². The van der Waals surface area contributed by atoms with E-state index in [-0.39, 0.29) is 46.2 Å². The lowest BCUT2D eigenvalue weighted by molar-refractivity contribution is -0.274. The summed E-state index contributed by atoms with van der Waals surface area (Å²) in [5.41, 5.74) is 0.796. The molecular weight excluding hydrogens is 478 g/mol. The summed E-state index contributed by atoms with van der Waals surface area (Å²) < 4.78 is 55.7. The van der Waals surface area contributed by atoms with Gasteiger partial charge in [0, 0.05) is 31.7 Å². The lowest BCUT2D eigenvalue weighted by Crippen LogP contribution is -2.45. The number of alkyl halides is 3. The first-order valence-corrected chi connectivity index (χ1v) is 8.96. The molecule has 1 heterocycles. The van der Waals surface area contributed by atoms with Gasteiger partial charge in [-0.1, -0.05) is 35.3 Å². The lowest BCUT2D eigenvalue weighted by atomic mass is 9.95. The number of ether oxygens (including phenoxy) is 1. The van der Waals surface area contributed by atoms with E-state index in [1.165, 1.54) is 36.4 Å². The van der Waals surface area contributed by atoms with Crippen molar-refractivity contribution in [1.82, 2.24) is 10.2 Å². The van der Waals surface area contributed by atoms with Gasteiger partial charge in [-0.3, -0.25) is 4.90 Å². The molecule has 1 aliphatic rings. The van der Waals surface area contributed by atoms with Gasteiger partial charge in [-0.2, -0.15) is 0 Å². The summed E-state index contributed by atoms with van der Waals surface area (Å²) in [6, 6.07) is 7.38. The van der Waals surface area contributed by atoms with Gasteiger partial charge in [0.15, 0.2) is 0 Å². The van der Waals surface area contributed by atoms with E-state index in [1.54, 1.807) is 0 Å². The van der Waals surface area contributed by atoms with Crippen LogP contribution in [0.25, 0.3) is 0 Å². The number of benzene rings is 2. The van der Waals surface area contributed by atoms with E-state index in [9.17, 15) is 17.6 Å². The van der Waals surface area contributed by atoms with E-state index >= 15 is 0 Å². The Balaban J connectivity index is 0.00000210. The number of hydrogen-bond acceptors (Lipinski definition) is 3. The van der Waals surface area contributed by atoms with Crippen molar-refractivity contribution in [2.24, 2.45) is 0 Å². The van der Waals surface area contributed by atoms with Gasteiger partial charge < -0.3 is 10.1 Å². The molecule has 1 aliphatic heterocycles. The van der Waals surface area contributed by atoms with Gasteiger partial charge in [0.2, 0.25) is 0 Å². The zero-order chi connectivity index (χ0) is 19.6. The molecule has 0 radical (unpaired) electrons.